The van der Waals surface area contributed by atoms with Crippen molar-refractivity contribution in [2.75, 3.05) is 12.4 Å². The number of phenols is 1. The Morgan fingerprint density at radius 2 is 1.91 bits per heavy atom. The maximum Gasteiger partial charge on any atom is 0.259 e. The van der Waals surface area contributed by atoms with Gasteiger partial charge in [-0.2, -0.15) is 0 Å². The van der Waals surface area contributed by atoms with Crippen LogP contribution in [0.4, 0.5) is 5.69 Å². The largest absolute Gasteiger partial charge is 0.507 e. The van der Waals surface area contributed by atoms with Crippen LogP contribution in [0.1, 0.15) is 22.8 Å². The Balaban J connectivity index is 2.30. The first kappa shape index (κ1) is 15.4. The standard InChI is InChI=1S/C16H16N2O4/c1-10(18-21)12-5-3-4-6-14(12)17-16(20)13-8-7-11(22-2)9-15(13)19/h3-9,19,21H,1-2H3,(H,17,20)/b18-10+. The third-order valence-electron chi connectivity index (χ3n) is 3.16. The molecule has 2 rings (SSSR count). The zero-order valence-corrected chi connectivity index (χ0v) is 12.2. The monoisotopic (exact) mass is 300 g/mol. The number of benzene rings is 2. The molecule has 0 bridgehead atoms. The molecular weight excluding hydrogens is 284 g/mol. The van der Waals surface area contributed by atoms with E-state index in [1.54, 1.807) is 37.3 Å². The molecule has 0 fully saturated rings. The number of nitrogens with one attached hydrogen (secondary N) is 1. The van der Waals surface area contributed by atoms with E-state index in [-0.39, 0.29) is 11.3 Å². The van der Waals surface area contributed by atoms with Crippen molar-refractivity contribution in [2.24, 2.45) is 5.16 Å². The summed E-state index contributed by atoms with van der Waals surface area (Å²) in [7, 11) is 1.47. The maximum atomic E-state index is 12.3. The number of oxime groups is 1. The number of amides is 1. The van der Waals surface area contributed by atoms with Crippen molar-refractivity contribution in [3.63, 3.8) is 0 Å². The molecule has 0 aliphatic heterocycles. The molecule has 0 aliphatic carbocycles. The third kappa shape index (κ3) is 3.17. The van der Waals surface area contributed by atoms with Crippen molar-refractivity contribution >= 4 is 17.3 Å². The van der Waals surface area contributed by atoms with Crippen LogP contribution in [-0.2, 0) is 0 Å². The first-order valence-corrected chi connectivity index (χ1v) is 6.53. The van der Waals surface area contributed by atoms with Gasteiger partial charge in [0.15, 0.2) is 0 Å². The lowest BCUT2D eigenvalue weighted by Crippen LogP contribution is -2.14. The van der Waals surface area contributed by atoms with Crippen molar-refractivity contribution in [2.45, 2.75) is 6.92 Å². The molecule has 0 radical (unpaired) electrons. The molecule has 0 aliphatic rings. The van der Waals surface area contributed by atoms with Crippen LogP contribution < -0.4 is 10.1 Å². The van der Waals surface area contributed by atoms with Gasteiger partial charge in [0.1, 0.15) is 11.5 Å². The summed E-state index contributed by atoms with van der Waals surface area (Å²) >= 11 is 0. The summed E-state index contributed by atoms with van der Waals surface area (Å²) < 4.78 is 4.98. The molecule has 22 heavy (non-hydrogen) atoms. The molecule has 0 aromatic heterocycles. The van der Waals surface area contributed by atoms with Crippen molar-refractivity contribution < 1.29 is 19.8 Å². The summed E-state index contributed by atoms with van der Waals surface area (Å²) in [6.07, 6.45) is 0. The van der Waals surface area contributed by atoms with Gasteiger partial charge in [0, 0.05) is 11.6 Å². The second-order valence-electron chi connectivity index (χ2n) is 4.57. The van der Waals surface area contributed by atoms with Crippen LogP contribution in [-0.4, -0.2) is 29.0 Å². The van der Waals surface area contributed by atoms with Crippen molar-refractivity contribution in [1.29, 1.82) is 0 Å². The molecule has 6 nitrogen and oxygen atoms in total. The fourth-order valence-electron chi connectivity index (χ4n) is 1.98. The minimum Gasteiger partial charge on any atom is -0.507 e. The summed E-state index contributed by atoms with van der Waals surface area (Å²) in [4.78, 5) is 12.3. The first-order chi connectivity index (χ1) is 10.6. The Hall–Kier alpha value is -3.02. The summed E-state index contributed by atoms with van der Waals surface area (Å²) in [5, 5.41) is 24.6. The van der Waals surface area contributed by atoms with Crippen molar-refractivity contribution in [1.82, 2.24) is 0 Å². The number of rotatable bonds is 4. The molecule has 114 valence electrons. The molecule has 0 unspecified atom stereocenters. The number of hydrogen-bond acceptors (Lipinski definition) is 5. The number of para-hydroxylation sites is 1. The fraction of sp³-hybridized carbons (Fsp3) is 0.125. The second kappa shape index (κ2) is 6.62. The molecule has 0 saturated carbocycles. The van der Waals surface area contributed by atoms with Crippen LogP contribution >= 0.6 is 0 Å². The van der Waals surface area contributed by atoms with Crippen LogP contribution in [0.15, 0.2) is 47.6 Å². The van der Waals surface area contributed by atoms with Gasteiger partial charge in [-0.25, -0.2) is 0 Å². The van der Waals surface area contributed by atoms with Gasteiger partial charge in [-0.05, 0) is 25.1 Å². The molecule has 0 spiro atoms. The lowest BCUT2D eigenvalue weighted by atomic mass is 10.1. The second-order valence-corrected chi connectivity index (χ2v) is 4.57. The van der Waals surface area contributed by atoms with E-state index in [1.165, 1.54) is 19.2 Å². The van der Waals surface area contributed by atoms with E-state index in [4.69, 9.17) is 9.94 Å². The van der Waals surface area contributed by atoms with Crippen LogP contribution in [0.5, 0.6) is 11.5 Å². The van der Waals surface area contributed by atoms with Crippen LogP contribution in [0, 0.1) is 0 Å². The summed E-state index contributed by atoms with van der Waals surface area (Å²) in [6.45, 7) is 1.62. The third-order valence-corrected chi connectivity index (χ3v) is 3.16. The van der Waals surface area contributed by atoms with Crippen LogP contribution in [0.3, 0.4) is 0 Å². The molecule has 2 aromatic rings. The van der Waals surface area contributed by atoms with E-state index in [1.807, 2.05) is 0 Å². The number of carbonyl (C=O) groups excluding carboxylic acids is 1. The molecule has 0 saturated heterocycles. The fourth-order valence-corrected chi connectivity index (χ4v) is 1.98. The number of phenolic OH excluding ortho intramolecular Hbond substituents is 1. The SMILES string of the molecule is COc1ccc(C(=O)Nc2ccccc2/C(C)=N/O)c(O)c1. The number of nitrogens with zero attached hydrogens (tertiary/aromatic N) is 1. The minimum atomic E-state index is -0.474. The van der Waals surface area contributed by atoms with E-state index in [0.717, 1.165) is 0 Å². The predicted molar refractivity (Wildman–Crippen MR) is 83.1 cm³/mol. The Labute approximate surface area is 127 Å². The molecule has 2 aromatic carbocycles. The van der Waals surface area contributed by atoms with Gasteiger partial charge in [-0.3, -0.25) is 4.79 Å². The van der Waals surface area contributed by atoms with Gasteiger partial charge in [-0.15, -0.1) is 0 Å². The first-order valence-electron chi connectivity index (χ1n) is 6.53. The van der Waals surface area contributed by atoms with E-state index in [0.29, 0.717) is 22.7 Å². The average molecular weight is 300 g/mol. The van der Waals surface area contributed by atoms with Crippen LogP contribution in [0.2, 0.25) is 0 Å². The normalized spacial score (nSPS) is 11.1. The lowest BCUT2D eigenvalue weighted by molar-refractivity contribution is 0.102. The lowest BCUT2D eigenvalue weighted by Gasteiger charge is -2.11. The van der Waals surface area contributed by atoms with Gasteiger partial charge in [0.25, 0.3) is 5.91 Å². The smallest absolute Gasteiger partial charge is 0.259 e. The molecular formula is C16H16N2O4. The number of hydrogen-bond donors (Lipinski definition) is 3. The highest BCUT2D eigenvalue weighted by atomic mass is 16.5. The zero-order valence-electron chi connectivity index (χ0n) is 12.2. The number of aromatic hydroxyl groups is 1. The van der Waals surface area contributed by atoms with E-state index >= 15 is 0 Å². The van der Waals surface area contributed by atoms with Gasteiger partial charge in [-0.1, -0.05) is 23.4 Å². The van der Waals surface area contributed by atoms with Crippen LogP contribution in [0.25, 0.3) is 0 Å². The van der Waals surface area contributed by atoms with E-state index in [2.05, 4.69) is 10.5 Å². The Morgan fingerprint density at radius 3 is 2.55 bits per heavy atom. The topological polar surface area (TPSA) is 91.2 Å². The molecule has 0 heterocycles. The summed E-state index contributed by atoms with van der Waals surface area (Å²) in [5.41, 5.74) is 1.56. The number of carbonyl (C=O) groups is 1. The molecule has 0 atom stereocenters. The highest BCUT2D eigenvalue weighted by Crippen LogP contribution is 2.25. The Morgan fingerprint density at radius 1 is 1.18 bits per heavy atom. The number of methoxy groups -OCH3 is 1. The predicted octanol–water partition coefficient (Wildman–Crippen LogP) is 2.85. The molecule has 6 heteroatoms. The molecule has 1 amide bonds. The molecule has 3 N–H and O–H groups in total. The van der Waals surface area contributed by atoms with Gasteiger partial charge >= 0.3 is 0 Å². The minimum absolute atomic E-state index is 0.120. The quantitative estimate of drug-likeness (QED) is 0.460. The summed E-state index contributed by atoms with van der Waals surface area (Å²) in [5.74, 6) is -0.196. The highest BCUT2D eigenvalue weighted by molar-refractivity contribution is 6.11. The van der Waals surface area contributed by atoms with Gasteiger partial charge < -0.3 is 20.4 Å². The van der Waals surface area contributed by atoms with Gasteiger partial charge in [0.05, 0.1) is 24.1 Å². The Bertz CT molecular complexity index is 726. The number of ether oxygens (including phenoxy) is 1. The zero-order chi connectivity index (χ0) is 16.1. The van der Waals surface area contributed by atoms with E-state index in [9.17, 15) is 9.90 Å². The highest BCUT2D eigenvalue weighted by Gasteiger charge is 2.14. The van der Waals surface area contributed by atoms with Crippen molar-refractivity contribution in [3.8, 4) is 11.5 Å². The van der Waals surface area contributed by atoms with Crippen molar-refractivity contribution in [3.05, 3.63) is 53.6 Å². The van der Waals surface area contributed by atoms with Gasteiger partial charge in [0.2, 0.25) is 0 Å². The summed E-state index contributed by atoms with van der Waals surface area (Å²) in [6, 6.07) is 11.3. The average Bonchev–Trinajstić information content (AvgIpc) is 2.54. The number of anilines is 1. The Kier molecular flexibility index (Phi) is 4.63. The maximum absolute atomic E-state index is 12.3. The van der Waals surface area contributed by atoms with E-state index < -0.39 is 5.91 Å².